The van der Waals surface area contributed by atoms with Gasteiger partial charge in [0.2, 0.25) is 5.91 Å². The van der Waals surface area contributed by atoms with E-state index < -0.39 is 0 Å². The van der Waals surface area contributed by atoms with Crippen LogP contribution >= 0.6 is 0 Å². The average molecular weight is 291 g/mol. The van der Waals surface area contributed by atoms with Gasteiger partial charge in [-0.2, -0.15) is 0 Å². The second-order valence-electron chi connectivity index (χ2n) is 5.32. The molecule has 1 aromatic rings. The highest BCUT2D eigenvalue weighted by molar-refractivity contribution is 5.76. The molecule has 1 aliphatic carbocycles. The van der Waals surface area contributed by atoms with Crippen LogP contribution in [0.25, 0.3) is 0 Å². The number of ether oxygens (including phenoxy) is 2. The lowest BCUT2D eigenvalue weighted by molar-refractivity contribution is -0.121. The van der Waals surface area contributed by atoms with Crippen molar-refractivity contribution in [2.75, 3.05) is 19.8 Å². The van der Waals surface area contributed by atoms with Gasteiger partial charge in [0.25, 0.3) is 0 Å². The Morgan fingerprint density at radius 3 is 2.95 bits per heavy atom. The summed E-state index contributed by atoms with van der Waals surface area (Å²) in [5, 5.41) is 3.10. The Morgan fingerprint density at radius 2 is 2.19 bits per heavy atom. The molecule has 1 amide bonds. The normalized spacial score (nSPS) is 20.1. The van der Waals surface area contributed by atoms with Crippen LogP contribution in [0.1, 0.15) is 44.6 Å². The topological polar surface area (TPSA) is 47.6 Å². The van der Waals surface area contributed by atoms with E-state index in [1.165, 1.54) is 5.56 Å². The predicted octanol–water partition coefficient (Wildman–Crippen LogP) is 2.87. The minimum absolute atomic E-state index is 0.128. The highest BCUT2D eigenvalue weighted by atomic mass is 16.5. The fourth-order valence-corrected chi connectivity index (χ4v) is 2.48. The predicted molar refractivity (Wildman–Crippen MR) is 82.6 cm³/mol. The summed E-state index contributed by atoms with van der Waals surface area (Å²) in [5.41, 5.74) is 1.25. The van der Waals surface area contributed by atoms with Gasteiger partial charge in [-0.05, 0) is 44.4 Å². The molecule has 4 heteroatoms. The molecule has 21 heavy (non-hydrogen) atoms. The minimum atomic E-state index is 0.128. The molecule has 0 unspecified atom stereocenters. The highest BCUT2D eigenvalue weighted by Crippen LogP contribution is 2.41. The molecule has 0 saturated heterocycles. The molecule has 0 aromatic heterocycles. The standard InChI is InChI=1S/C17H25NO3/c1-3-20-10-6-9-17(19)18-16-12-15(16)13-7-5-8-14(11-13)21-4-2/h5,7-8,11,15-16H,3-4,6,9-10,12H2,1-2H3,(H,18,19)/t15-,16+/m0/s1. The first kappa shape index (κ1) is 15.8. The van der Waals surface area contributed by atoms with Gasteiger partial charge in [-0.15, -0.1) is 0 Å². The van der Waals surface area contributed by atoms with Crippen LogP contribution in [0, 0.1) is 0 Å². The molecular formula is C17H25NO3. The summed E-state index contributed by atoms with van der Waals surface area (Å²) < 4.78 is 10.8. The van der Waals surface area contributed by atoms with E-state index >= 15 is 0 Å². The van der Waals surface area contributed by atoms with E-state index in [1.807, 2.05) is 26.0 Å². The van der Waals surface area contributed by atoms with E-state index in [-0.39, 0.29) is 11.9 Å². The summed E-state index contributed by atoms with van der Waals surface area (Å²) in [5.74, 6) is 1.47. The fraction of sp³-hybridized carbons (Fsp3) is 0.588. The van der Waals surface area contributed by atoms with Gasteiger partial charge in [0, 0.05) is 31.6 Å². The van der Waals surface area contributed by atoms with Crippen molar-refractivity contribution >= 4 is 5.91 Å². The minimum Gasteiger partial charge on any atom is -0.494 e. The Bertz CT molecular complexity index is 461. The average Bonchev–Trinajstić information content (AvgIpc) is 3.23. The number of hydrogen-bond acceptors (Lipinski definition) is 3. The smallest absolute Gasteiger partial charge is 0.220 e. The molecule has 116 valence electrons. The lowest BCUT2D eigenvalue weighted by atomic mass is 10.1. The molecule has 1 aromatic carbocycles. The van der Waals surface area contributed by atoms with Gasteiger partial charge < -0.3 is 14.8 Å². The third kappa shape index (κ3) is 5.05. The zero-order valence-electron chi connectivity index (χ0n) is 12.9. The van der Waals surface area contributed by atoms with E-state index in [0.717, 1.165) is 18.6 Å². The maximum atomic E-state index is 11.8. The van der Waals surface area contributed by atoms with Crippen LogP contribution in [0.2, 0.25) is 0 Å². The van der Waals surface area contributed by atoms with Crippen LogP contribution < -0.4 is 10.1 Å². The maximum Gasteiger partial charge on any atom is 0.220 e. The molecule has 2 atom stereocenters. The number of carbonyl (C=O) groups excluding carboxylic acids is 1. The van der Waals surface area contributed by atoms with Crippen molar-refractivity contribution in [3.63, 3.8) is 0 Å². The van der Waals surface area contributed by atoms with Crippen LogP contribution in [0.5, 0.6) is 5.75 Å². The Balaban J connectivity index is 1.74. The number of nitrogens with one attached hydrogen (secondary N) is 1. The molecule has 0 aliphatic heterocycles. The molecule has 0 heterocycles. The Kier molecular flexibility index (Phi) is 6.05. The monoisotopic (exact) mass is 291 g/mol. The zero-order valence-corrected chi connectivity index (χ0v) is 12.9. The lowest BCUT2D eigenvalue weighted by Crippen LogP contribution is -2.26. The van der Waals surface area contributed by atoms with Crippen molar-refractivity contribution in [2.45, 2.75) is 45.1 Å². The third-order valence-electron chi connectivity index (χ3n) is 3.63. The summed E-state index contributed by atoms with van der Waals surface area (Å²) in [7, 11) is 0. The molecule has 4 nitrogen and oxygen atoms in total. The Morgan fingerprint density at radius 1 is 1.33 bits per heavy atom. The summed E-state index contributed by atoms with van der Waals surface area (Å²) in [6.45, 7) is 5.99. The summed E-state index contributed by atoms with van der Waals surface area (Å²) in [4.78, 5) is 11.8. The first-order valence-electron chi connectivity index (χ1n) is 7.84. The van der Waals surface area contributed by atoms with Crippen molar-refractivity contribution in [1.29, 1.82) is 0 Å². The molecule has 1 saturated carbocycles. The zero-order chi connectivity index (χ0) is 15.1. The van der Waals surface area contributed by atoms with E-state index in [4.69, 9.17) is 9.47 Å². The Labute approximate surface area is 126 Å². The summed E-state index contributed by atoms with van der Waals surface area (Å²) >= 11 is 0. The van der Waals surface area contributed by atoms with Gasteiger partial charge in [-0.1, -0.05) is 12.1 Å². The van der Waals surface area contributed by atoms with Crippen LogP contribution in [0.15, 0.2) is 24.3 Å². The maximum absolute atomic E-state index is 11.8. The lowest BCUT2D eigenvalue weighted by Gasteiger charge is -2.07. The van der Waals surface area contributed by atoms with E-state index in [0.29, 0.717) is 32.2 Å². The SMILES string of the molecule is CCOCCCC(=O)N[C@@H]1C[C@H]1c1cccc(OCC)c1. The highest BCUT2D eigenvalue weighted by Gasteiger charge is 2.39. The van der Waals surface area contributed by atoms with Gasteiger partial charge in [0.1, 0.15) is 5.75 Å². The molecule has 2 rings (SSSR count). The molecule has 1 aliphatic rings. The number of hydrogen-bond donors (Lipinski definition) is 1. The van der Waals surface area contributed by atoms with Gasteiger partial charge in [-0.25, -0.2) is 0 Å². The van der Waals surface area contributed by atoms with E-state index in [1.54, 1.807) is 0 Å². The first-order valence-corrected chi connectivity index (χ1v) is 7.84. The molecule has 0 spiro atoms. The number of amides is 1. The summed E-state index contributed by atoms with van der Waals surface area (Å²) in [6, 6.07) is 8.45. The van der Waals surface area contributed by atoms with Crippen molar-refractivity contribution in [2.24, 2.45) is 0 Å². The first-order chi connectivity index (χ1) is 10.2. The van der Waals surface area contributed by atoms with Gasteiger partial charge in [0.15, 0.2) is 0 Å². The number of carbonyl (C=O) groups is 1. The van der Waals surface area contributed by atoms with Crippen molar-refractivity contribution in [1.82, 2.24) is 5.32 Å². The van der Waals surface area contributed by atoms with Gasteiger partial charge in [-0.3, -0.25) is 4.79 Å². The summed E-state index contributed by atoms with van der Waals surface area (Å²) in [6.07, 6.45) is 2.35. The largest absolute Gasteiger partial charge is 0.494 e. The molecule has 0 radical (unpaired) electrons. The number of rotatable bonds is 9. The van der Waals surface area contributed by atoms with Gasteiger partial charge >= 0.3 is 0 Å². The van der Waals surface area contributed by atoms with Gasteiger partial charge in [0.05, 0.1) is 6.61 Å². The van der Waals surface area contributed by atoms with Crippen LogP contribution in [0.4, 0.5) is 0 Å². The molecule has 1 N–H and O–H groups in total. The van der Waals surface area contributed by atoms with Crippen LogP contribution in [-0.4, -0.2) is 31.8 Å². The molecular weight excluding hydrogens is 266 g/mol. The molecule has 1 fully saturated rings. The molecule has 0 bridgehead atoms. The van der Waals surface area contributed by atoms with Crippen LogP contribution in [0.3, 0.4) is 0 Å². The van der Waals surface area contributed by atoms with Crippen molar-refractivity contribution in [3.05, 3.63) is 29.8 Å². The number of benzene rings is 1. The van der Waals surface area contributed by atoms with E-state index in [2.05, 4.69) is 17.4 Å². The Hall–Kier alpha value is -1.55. The second kappa shape index (κ2) is 8.03. The van der Waals surface area contributed by atoms with E-state index in [9.17, 15) is 4.79 Å². The quantitative estimate of drug-likeness (QED) is 0.712. The van der Waals surface area contributed by atoms with Crippen molar-refractivity contribution in [3.8, 4) is 5.75 Å². The van der Waals surface area contributed by atoms with Crippen LogP contribution in [-0.2, 0) is 9.53 Å². The van der Waals surface area contributed by atoms with Crippen molar-refractivity contribution < 1.29 is 14.3 Å². The second-order valence-corrected chi connectivity index (χ2v) is 5.32. The third-order valence-corrected chi connectivity index (χ3v) is 3.63. The fourth-order valence-electron chi connectivity index (χ4n) is 2.48.